The summed E-state index contributed by atoms with van der Waals surface area (Å²) < 4.78 is 38.3. The maximum atomic E-state index is 13.4. The van der Waals surface area contributed by atoms with Crippen molar-refractivity contribution in [2.24, 2.45) is 0 Å². The van der Waals surface area contributed by atoms with Crippen LogP contribution in [0.1, 0.15) is 53.7 Å². The highest BCUT2D eigenvalue weighted by molar-refractivity contribution is 6.04. The highest BCUT2D eigenvalue weighted by Crippen LogP contribution is 2.30. The minimum absolute atomic E-state index is 0.213. The van der Waals surface area contributed by atoms with Crippen LogP contribution in [0.4, 0.5) is 35.0 Å². The summed E-state index contributed by atoms with van der Waals surface area (Å²) in [4.78, 5) is 28.1. The van der Waals surface area contributed by atoms with Crippen LogP contribution in [0, 0.1) is 0 Å². The lowest BCUT2D eigenvalue weighted by Crippen LogP contribution is -2.33. The second kappa shape index (κ2) is 11.4. The molecular weight excluding hydrogens is 481 g/mol. The molecule has 1 atom stereocenters. The Morgan fingerprint density at radius 3 is 2.11 bits per heavy atom. The third-order valence-electron chi connectivity index (χ3n) is 6.31. The number of piperidine rings is 1. The molecule has 0 saturated carbocycles. The quantitative estimate of drug-likeness (QED) is 0.340. The highest BCUT2D eigenvalue weighted by Gasteiger charge is 2.30. The molecule has 1 fully saturated rings. The average molecular weight is 511 g/mol. The van der Waals surface area contributed by atoms with Crippen molar-refractivity contribution >= 4 is 29.0 Å². The van der Waals surface area contributed by atoms with Crippen molar-refractivity contribution in [1.82, 2.24) is 5.32 Å². The second-order valence-corrected chi connectivity index (χ2v) is 9.04. The second-order valence-electron chi connectivity index (χ2n) is 9.04. The lowest BCUT2D eigenvalue weighted by molar-refractivity contribution is -0.137. The Bertz CT molecular complexity index is 1220. The zero-order valence-electron chi connectivity index (χ0n) is 20.4. The number of hydrogen-bond acceptors (Lipinski definition) is 3. The third-order valence-corrected chi connectivity index (χ3v) is 6.31. The van der Waals surface area contributed by atoms with Crippen LogP contribution in [0.25, 0.3) is 0 Å². The Morgan fingerprint density at radius 2 is 1.46 bits per heavy atom. The monoisotopic (exact) mass is 510 g/mol. The number of anilines is 3. The molecule has 1 aliphatic rings. The van der Waals surface area contributed by atoms with Gasteiger partial charge in [0.05, 0.1) is 17.2 Å². The Labute approximate surface area is 213 Å². The molecule has 3 aromatic carbocycles. The predicted octanol–water partition coefficient (Wildman–Crippen LogP) is 6.83. The SMILES string of the molecule is CC(NC(=O)c1cc(NC(=O)Nc2ccc(C(F)(F)F)cc2)ccc1N1CCCCC1)c1ccccc1. The minimum atomic E-state index is -4.45. The maximum absolute atomic E-state index is 13.4. The van der Waals surface area contributed by atoms with E-state index in [4.69, 9.17) is 0 Å². The third kappa shape index (κ3) is 6.81. The first-order valence-corrected chi connectivity index (χ1v) is 12.2. The van der Waals surface area contributed by atoms with Gasteiger partial charge in [-0.1, -0.05) is 30.3 Å². The number of rotatable bonds is 6. The molecule has 0 spiro atoms. The molecule has 1 unspecified atom stereocenters. The van der Waals surface area contributed by atoms with Crippen molar-refractivity contribution in [3.8, 4) is 0 Å². The summed E-state index contributed by atoms with van der Waals surface area (Å²) in [6.45, 7) is 3.60. The predicted molar refractivity (Wildman–Crippen MR) is 139 cm³/mol. The van der Waals surface area contributed by atoms with Crippen LogP contribution in [0.2, 0.25) is 0 Å². The number of amides is 3. The van der Waals surface area contributed by atoms with Gasteiger partial charge < -0.3 is 20.9 Å². The van der Waals surface area contributed by atoms with E-state index in [1.807, 2.05) is 43.3 Å². The van der Waals surface area contributed by atoms with Gasteiger partial charge in [0.1, 0.15) is 0 Å². The molecule has 0 bridgehead atoms. The zero-order chi connectivity index (χ0) is 26.4. The first kappa shape index (κ1) is 26.1. The largest absolute Gasteiger partial charge is 0.416 e. The van der Waals surface area contributed by atoms with Crippen LogP contribution in [0.3, 0.4) is 0 Å². The Balaban J connectivity index is 1.51. The number of alkyl halides is 3. The molecule has 1 heterocycles. The van der Waals surface area contributed by atoms with E-state index in [0.717, 1.165) is 55.7 Å². The van der Waals surface area contributed by atoms with E-state index in [1.165, 1.54) is 12.1 Å². The first-order valence-electron chi connectivity index (χ1n) is 12.2. The fraction of sp³-hybridized carbons (Fsp3) is 0.286. The Kier molecular flexibility index (Phi) is 8.01. The van der Waals surface area contributed by atoms with Crippen molar-refractivity contribution in [2.45, 2.75) is 38.4 Å². The van der Waals surface area contributed by atoms with Gasteiger partial charge in [-0.2, -0.15) is 13.2 Å². The van der Waals surface area contributed by atoms with Gasteiger partial charge in [-0.25, -0.2) is 4.79 Å². The smallest absolute Gasteiger partial charge is 0.371 e. The summed E-state index contributed by atoms with van der Waals surface area (Å²) >= 11 is 0. The minimum Gasteiger partial charge on any atom is -0.371 e. The lowest BCUT2D eigenvalue weighted by Gasteiger charge is -2.31. The molecule has 1 saturated heterocycles. The number of urea groups is 1. The molecule has 3 N–H and O–H groups in total. The van der Waals surface area contributed by atoms with E-state index in [1.54, 1.807) is 12.1 Å². The fourth-order valence-electron chi connectivity index (χ4n) is 4.34. The van der Waals surface area contributed by atoms with E-state index >= 15 is 0 Å². The summed E-state index contributed by atoms with van der Waals surface area (Å²) in [6.07, 6.45) is -1.23. The van der Waals surface area contributed by atoms with Crippen LogP contribution in [0.15, 0.2) is 72.8 Å². The van der Waals surface area contributed by atoms with Gasteiger partial charge in [0.15, 0.2) is 0 Å². The molecule has 0 aromatic heterocycles. The van der Waals surface area contributed by atoms with Gasteiger partial charge in [0.25, 0.3) is 5.91 Å². The summed E-state index contributed by atoms with van der Waals surface area (Å²) in [6, 6.07) is 18.1. The molecule has 1 aliphatic heterocycles. The molecule has 0 radical (unpaired) electrons. The summed E-state index contributed by atoms with van der Waals surface area (Å²) in [5.74, 6) is -0.260. The van der Waals surface area contributed by atoms with E-state index in [-0.39, 0.29) is 17.6 Å². The van der Waals surface area contributed by atoms with Gasteiger partial charge in [-0.3, -0.25) is 4.79 Å². The van der Waals surface area contributed by atoms with Crippen molar-refractivity contribution in [3.63, 3.8) is 0 Å². The molecule has 37 heavy (non-hydrogen) atoms. The molecule has 6 nitrogen and oxygen atoms in total. The number of nitrogens with zero attached hydrogens (tertiary/aromatic N) is 1. The standard InChI is InChI=1S/C28H29F3N4O2/c1-19(20-8-4-2-5-9-20)32-26(36)24-18-23(14-15-25(24)35-16-6-3-7-17-35)34-27(37)33-22-12-10-21(11-13-22)28(29,30)31/h2,4-5,8-15,18-19H,3,6-7,16-17H2,1H3,(H,32,36)(H2,33,34,37). The highest BCUT2D eigenvalue weighted by atomic mass is 19.4. The number of hydrogen-bond donors (Lipinski definition) is 3. The van der Waals surface area contributed by atoms with E-state index < -0.39 is 17.8 Å². The van der Waals surface area contributed by atoms with Crippen molar-refractivity contribution in [3.05, 3.63) is 89.5 Å². The molecule has 0 aliphatic carbocycles. The van der Waals surface area contributed by atoms with Crippen molar-refractivity contribution in [2.75, 3.05) is 28.6 Å². The Morgan fingerprint density at radius 1 is 0.838 bits per heavy atom. The lowest BCUT2D eigenvalue weighted by atomic mass is 10.0. The number of benzene rings is 3. The normalized spacial score (nSPS) is 14.5. The number of halogens is 3. The molecular formula is C28H29F3N4O2. The zero-order valence-corrected chi connectivity index (χ0v) is 20.4. The fourth-order valence-corrected chi connectivity index (χ4v) is 4.34. The topological polar surface area (TPSA) is 73.5 Å². The molecule has 194 valence electrons. The van der Waals surface area contributed by atoms with Crippen molar-refractivity contribution in [1.29, 1.82) is 0 Å². The van der Waals surface area contributed by atoms with Gasteiger partial charge >= 0.3 is 12.2 Å². The number of carbonyl (C=O) groups excluding carboxylic acids is 2. The van der Waals surface area contributed by atoms with Gasteiger partial charge in [0, 0.05) is 30.2 Å². The Hall–Kier alpha value is -4.01. The number of nitrogens with one attached hydrogen (secondary N) is 3. The average Bonchev–Trinajstić information content (AvgIpc) is 2.89. The van der Waals surface area contributed by atoms with Gasteiger partial charge in [-0.05, 0) is 74.2 Å². The van der Waals surface area contributed by atoms with Crippen LogP contribution < -0.4 is 20.9 Å². The molecule has 9 heteroatoms. The summed E-state index contributed by atoms with van der Waals surface area (Å²) in [5.41, 5.74) is 2.02. The molecule has 3 amide bonds. The summed E-state index contributed by atoms with van der Waals surface area (Å²) in [5, 5.41) is 8.24. The summed E-state index contributed by atoms with van der Waals surface area (Å²) in [7, 11) is 0. The van der Waals surface area contributed by atoms with Crippen LogP contribution in [-0.2, 0) is 6.18 Å². The van der Waals surface area contributed by atoms with Crippen LogP contribution >= 0.6 is 0 Å². The van der Waals surface area contributed by atoms with E-state index in [0.29, 0.717) is 11.3 Å². The number of carbonyl (C=O) groups is 2. The van der Waals surface area contributed by atoms with E-state index in [2.05, 4.69) is 20.9 Å². The first-order chi connectivity index (χ1) is 17.7. The van der Waals surface area contributed by atoms with Crippen LogP contribution in [0.5, 0.6) is 0 Å². The van der Waals surface area contributed by atoms with Crippen LogP contribution in [-0.4, -0.2) is 25.0 Å². The molecule has 4 rings (SSSR count). The maximum Gasteiger partial charge on any atom is 0.416 e. The van der Waals surface area contributed by atoms with E-state index in [9.17, 15) is 22.8 Å². The molecule has 3 aromatic rings. The van der Waals surface area contributed by atoms with Crippen molar-refractivity contribution < 1.29 is 22.8 Å². The van der Waals surface area contributed by atoms with Gasteiger partial charge in [-0.15, -0.1) is 0 Å². The van der Waals surface area contributed by atoms with Gasteiger partial charge in [0.2, 0.25) is 0 Å².